The summed E-state index contributed by atoms with van der Waals surface area (Å²) in [5.74, 6) is -0.278. The van der Waals surface area contributed by atoms with Gasteiger partial charge in [0.1, 0.15) is 11.9 Å². The van der Waals surface area contributed by atoms with Crippen molar-refractivity contribution in [3.8, 4) is 5.75 Å². The molecule has 3 N–H and O–H groups in total. The Morgan fingerprint density at radius 2 is 1.83 bits per heavy atom. The van der Waals surface area contributed by atoms with Crippen LogP contribution in [0.4, 0.5) is 5.69 Å². The number of ether oxygens (including phenoxy) is 1. The molecule has 1 amide bonds. The Hall–Kier alpha value is -0.670. The van der Waals surface area contributed by atoms with E-state index >= 15 is 0 Å². The molecule has 0 aliphatic rings. The Labute approximate surface area is 206 Å². The van der Waals surface area contributed by atoms with Gasteiger partial charge >= 0.3 is 0 Å². The number of hydrogen-bond acceptors (Lipinski definition) is 3. The van der Waals surface area contributed by atoms with Gasteiger partial charge in [0.25, 0.3) is 5.91 Å². The van der Waals surface area contributed by atoms with E-state index in [1.54, 1.807) is 18.2 Å². The molecule has 0 aromatic heterocycles. The number of carbonyl (C=O) groups excluding carboxylic acids is 1. The smallest absolute Gasteiger partial charge is 0.259 e. The van der Waals surface area contributed by atoms with Gasteiger partial charge in [0.15, 0.2) is 11.7 Å². The fourth-order valence-corrected chi connectivity index (χ4v) is 3.39. The SMILES string of the molecule is O=C(COc1ccc(Cl)cc1Cl)NC(NC(=S)Nc1ccccc1Br)C(Cl)(Cl)Cl. The molecule has 0 saturated carbocycles. The third-order valence-electron chi connectivity index (χ3n) is 3.28. The fraction of sp³-hybridized carbons (Fsp3) is 0.176. The quantitative estimate of drug-likeness (QED) is 0.225. The van der Waals surface area contributed by atoms with Crippen molar-refractivity contribution in [3.05, 3.63) is 57.0 Å². The Bertz CT molecular complexity index is 898. The molecule has 12 heteroatoms. The molecule has 0 heterocycles. The molecule has 0 bridgehead atoms. The average molecular weight is 581 g/mol. The zero-order valence-corrected chi connectivity index (χ0v) is 20.5. The summed E-state index contributed by atoms with van der Waals surface area (Å²) in [7, 11) is 0. The first-order valence-corrected chi connectivity index (χ1v) is 10.9. The van der Waals surface area contributed by atoms with Crippen LogP contribution in [0.2, 0.25) is 10.0 Å². The maximum absolute atomic E-state index is 12.3. The van der Waals surface area contributed by atoms with Crippen molar-refractivity contribution in [2.75, 3.05) is 11.9 Å². The van der Waals surface area contributed by atoms with Gasteiger partial charge in [-0.3, -0.25) is 4.79 Å². The number of para-hydroxylation sites is 1. The molecule has 0 aliphatic carbocycles. The minimum absolute atomic E-state index is 0.134. The topological polar surface area (TPSA) is 62.4 Å². The Morgan fingerprint density at radius 1 is 1.14 bits per heavy atom. The first-order chi connectivity index (χ1) is 13.6. The Balaban J connectivity index is 1.96. The minimum Gasteiger partial charge on any atom is -0.482 e. The van der Waals surface area contributed by atoms with Gasteiger partial charge in [-0.15, -0.1) is 0 Å². The molecule has 0 spiro atoms. The van der Waals surface area contributed by atoms with E-state index in [-0.39, 0.29) is 22.5 Å². The highest BCUT2D eigenvalue weighted by Crippen LogP contribution is 2.30. The average Bonchev–Trinajstić information content (AvgIpc) is 2.61. The van der Waals surface area contributed by atoms with Gasteiger partial charge in [-0.25, -0.2) is 0 Å². The maximum atomic E-state index is 12.3. The normalized spacial score (nSPS) is 12.1. The van der Waals surface area contributed by atoms with Crippen LogP contribution in [-0.4, -0.2) is 27.6 Å². The van der Waals surface area contributed by atoms with E-state index in [2.05, 4.69) is 31.9 Å². The number of carbonyl (C=O) groups is 1. The van der Waals surface area contributed by atoms with Crippen LogP contribution in [0.1, 0.15) is 0 Å². The van der Waals surface area contributed by atoms with Gasteiger partial charge in [-0.05, 0) is 58.5 Å². The summed E-state index contributed by atoms with van der Waals surface area (Å²) in [5.41, 5.74) is 0.695. The lowest BCUT2D eigenvalue weighted by atomic mass is 10.3. The van der Waals surface area contributed by atoms with Crippen LogP contribution >= 0.6 is 86.2 Å². The predicted octanol–water partition coefficient (Wildman–Crippen LogP) is 5.93. The van der Waals surface area contributed by atoms with Crippen LogP contribution in [0.15, 0.2) is 46.9 Å². The van der Waals surface area contributed by atoms with E-state index in [1.807, 2.05) is 18.2 Å². The second kappa shape index (κ2) is 11.1. The van der Waals surface area contributed by atoms with Crippen LogP contribution < -0.4 is 20.7 Å². The molecule has 2 aromatic rings. The van der Waals surface area contributed by atoms with E-state index in [9.17, 15) is 4.79 Å². The highest BCUT2D eigenvalue weighted by Gasteiger charge is 2.34. The number of thiocarbonyl (C=S) groups is 1. The third kappa shape index (κ3) is 8.17. The van der Waals surface area contributed by atoms with Gasteiger partial charge in [-0.2, -0.15) is 0 Å². The molecule has 5 nitrogen and oxygen atoms in total. The molecule has 1 atom stereocenters. The fourth-order valence-electron chi connectivity index (χ4n) is 1.99. The van der Waals surface area contributed by atoms with Crippen molar-refractivity contribution in [3.63, 3.8) is 0 Å². The lowest BCUT2D eigenvalue weighted by Crippen LogP contribution is -2.57. The summed E-state index contributed by atoms with van der Waals surface area (Å²) in [6.45, 7) is -0.370. The number of halogens is 6. The molecule has 0 radical (unpaired) electrons. The van der Waals surface area contributed by atoms with Gasteiger partial charge in [0.05, 0.1) is 10.7 Å². The summed E-state index contributed by atoms with van der Waals surface area (Å²) >= 11 is 38.3. The van der Waals surface area contributed by atoms with Crippen molar-refractivity contribution in [2.45, 2.75) is 9.96 Å². The molecule has 29 heavy (non-hydrogen) atoms. The molecule has 0 fully saturated rings. The molecular formula is C17H13BrCl5N3O2S. The third-order valence-corrected chi connectivity index (χ3v) is 5.38. The van der Waals surface area contributed by atoms with E-state index < -0.39 is 15.9 Å². The number of amides is 1. The predicted molar refractivity (Wildman–Crippen MR) is 128 cm³/mol. The van der Waals surface area contributed by atoms with Crippen LogP contribution in [0.25, 0.3) is 0 Å². The van der Waals surface area contributed by atoms with Crippen molar-refractivity contribution < 1.29 is 9.53 Å². The maximum Gasteiger partial charge on any atom is 0.259 e. The van der Waals surface area contributed by atoms with Gasteiger partial charge < -0.3 is 20.7 Å². The zero-order chi connectivity index (χ0) is 21.6. The first kappa shape index (κ1) is 24.6. The van der Waals surface area contributed by atoms with Crippen LogP contribution in [0.3, 0.4) is 0 Å². The molecular weight excluding hydrogens is 567 g/mol. The molecule has 2 rings (SSSR count). The summed E-state index contributed by atoms with van der Waals surface area (Å²) in [5, 5.41) is 9.05. The van der Waals surface area contributed by atoms with Gasteiger partial charge in [0, 0.05) is 9.50 Å². The van der Waals surface area contributed by atoms with E-state index in [0.717, 1.165) is 4.47 Å². The minimum atomic E-state index is -1.90. The highest BCUT2D eigenvalue weighted by atomic mass is 79.9. The highest BCUT2D eigenvalue weighted by molar-refractivity contribution is 9.10. The number of rotatable bonds is 6. The Kier molecular flexibility index (Phi) is 9.41. The lowest BCUT2D eigenvalue weighted by molar-refractivity contribution is -0.123. The first-order valence-electron chi connectivity index (χ1n) is 7.82. The van der Waals surface area contributed by atoms with E-state index in [0.29, 0.717) is 10.7 Å². The van der Waals surface area contributed by atoms with Crippen LogP contribution in [0.5, 0.6) is 5.75 Å². The molecule has 0 aliphatic heterocycles. The summed E-state index contributed by atoms with van der Waals surface area (Å²) in [6.07, 6.45) is -1.13. The number of anilines is 1. The van der Waals surface area contributed by atoms with Crippen LogP contribution in [-0.2, 0) is 4.79 Å². The summed E-state index contributed by atoms with van der Waals surface area (Å²) in [6, 6.07) is 11.9. The van der Waals surface area contributed by atoms with Gasteiger partial charge in [0.2, 0.25) is 3.79 Å². The molecule has 156 valence electrons. The number of nitrogens with one attached hydrogen (secondary N) is 3. The molecule has 2 aromatic carbocycles. The second-order valence-electron chi connectivity index (χ2n) is 5.48. The van der Waals surface area contributed by atoms with Crippen LogP contribution in [0, 0.1) is 0 Å². The standard InChI is InChI=1S/C17H13BrCl5N3O2S/c18-10-3-1-2-4-12(10)24-16(29)26-15(17(21,22)23)25-14(27)8-28-13-6-5-9(19)7-11(13)20/h1-7,15H,8H2,(H,25,27)(H2,24,26,29). The van der Waals surface area contributed by atoms with E-state index in [4.69, 9.17) is 75.0 Å². The molecule has 0 saturated heterocycles. The summed E-state index contributed by atoms with van der Waals surface area (Å²) < 4.78 is 4.26. The summed E-state index contributed by atoms with van der Waals surface area (Å²) in [4.78, 5) is 12.3. The monoisotopic (exact) mass is 577 g/mol. The van der Waals surface area contributed by atoms with Crippen molar-refractivity contribution >= 4 is 103 Å². The lowest BCUT2D eigenvalue weighted by Gasteiger charge is -2.28. The number of benzene rings is 2. The van der Waals surface area contributed by atoms with Crippen molar-refractivity contribution in [1.29, 1.82) is 0 Å². The van der Waals surface area contributed by atoms with E-state index in [1.165, 1.54) is 6.07 Å². The second-order valence-corrected chi connectivity index (χ2v) is 9.96. The van der Waals surface area contributed by atoms with Crippen molar-refractivity contribution in [1.82, 2.24) is 10.6 Å². The molecule has 1 unspecified atom stereocenters. The largest absolute Gasteiger partial charge is 0.482 e. The Morgan fingerprint density at radius 3 is 2.45 bits per heavy atom. The number of alkyl halides is 3. The zero-order valence-electron chi connectivity index (χ0n) is 14.3. The van der Waals surface area contributed by atoms with Gasteiger partial charge in [-0.1, -0.05) is 70.1 Å². The van der Waals surface area contributed by atoms with Crippen molar-refractivity contribution in [2.24, 2.45) is 0 Å². The number of hydrogen-bond donors (Lipinski definition) is 3.